The molecule has 0 bridgehead atoms. The minimum atomic E-state index is 0.641. The smallest absolute Gasteiger partial charge is 0.164 e. The van der Waals surface area contributed by atoms with E-state index in [9.17, 15) is 0 Å². The summed E-state index contributed by atoms with van der Waals surface area (Å²) < 4.78 is 8.90. The van der Waals surface area contributed by atoms with Crippen LogP contribution in [0.15, 0.2) is 144 Å². The average molecular weight is 816 g/mol. The molecule has 10 aromatic rings. The van der Waals surface area contributed by atoms with E-state index in [1.807, 2.05) is 126 Å². The van der Waals surface area contributed by atoms with Crippen LogP contribution in [-0.2, 0) is 0 Å². The third-order valence-corrected chi connectivity index (χ3v) is 10.3. The van der Waals surface area contributed by atoms with Crippen LogP contribution in [0.5, 0.6) is 0 Å². The van der Waals surface area contributed by atoms with Gasteiger partial charge in [0.2, 0.25) is 0 Å². The van der Waals surface area contributed by atoms with E-state index in [2.05, 4.69) is 127 Å². The molecular formula is C55H65N3OS. The average Bonchev–Trinajstić information content (AvgIpc) is 3.92. The van der Waals surface area contributed by atoms with Crippen LogP contribution in [0.25, 0.3) is 86.4 Å². The van der Waals surface area contributed by atoms with Gasteiger partial charge in [0.25, 0.3) is 0 Å². The predicted molar refractivity (Wildman–Crippen MR) is 270 cm³/mol. The second-order valence-corrected chi connectivity index (χ2v) is 13.1. The highest BCUT2D eigenvalue weighted by Crippen LogP contribution is 2.36. The van der Waals surface area contributed by atoms with Crippen molar-refractivity contribution in [3.63, 3.8) is 0 Å². The monoisotopic (exact) mass is 815 g/mol. The molecule has 0 saturated heterocycles. The van der Waals surface area contributed by atoms with Gasteiger partial charge < -0.3 is 4.42 Å². The molecule has 0 spiro atoms. The summed E-state index contributed by atoms with van der Waals surface area (Å²) in [4.78, 5) is 14.3. The maximum absolute atomic E-state index is 6.09. The Labute approximate surface area is 363 Å². The molecule has 3 aromatic heterocycles. The van der Waals surface area contributed by atoms with Crippen LogP contribution >= 0.6 is 11.3 Å². The van der Waals surface area contributed by atoms with Gasteiger partial charge in [-0.1, -0.05) is 198 Å². The van der Waals surface area contributed by atoms with E-state index < -0.39 is 0 Å². The lowest BCUT2D eigenvalue weighted by Gasteiger charge is -2.10. The van der Waals surface area contributed by atoms with Gasteiger partial charge in [0.1, 0.15) is 17.0 Å². The number of benzene rings is 7. The molecule has 0 N–H and O–H groups in total. The third kappa shape index (κ3) is 10.6. The highest BCUT2D eigenvalue weighted by molar-refractivity contribution is 7.26. The first-order valence-electron chi connectivity index (χ1n) is 22.0. The van der Waals surface area contributed by atoms with E-state index in [1.165, 1.54) is 41.9 Å². The van der Waals surface area contributed by atoms with E-state index in [4.69, 9.17) is 14.4 Å². The molecule has 0 radical (unpaired) electrons. The largest absolute Gasteiger partial charge is 0.456 e. The zero-order chi connectivity index (χ0) is 44.2. The zero-order valence-corrected chi connectivity index (χ0v) is 39.3. The van der Waals surface area contributed by atoms with Crippen LogP contribution in [0, 0.1) is 13.8 Å². The summed E-state index contributed by atoms with van der Waals surface area (Å²) in [5.41, 5.74) is 4.99. The number of fused-ring (bicyclic) bond motifs is 9. The van der Waals surface area contributed by atoms with Gasteiger partial charge in [-0.25, -0.2) is 15.0 Å². The Kier molecular flexibility index (Phi) is 20.1. The molecule has 0 unspecified atom stereocenters. The molecule has 312 valence electrons. The number of thiophene rings is 1. The lowest BCUT2D eigenvalue weighted by molar-refractivity contribution is 0.669. The molecule has 0 amide bonds. The van der Waals surface area contributed by atoms with Crippen molar-refractivity contribution in [2.75, 3.05) is 0 Å². The first-order chi connectivity index (χ1) is 29.6. The molecular weight excluding hydrogens is 751 g/mol. The van der Waals surface area contributed by atoms with Crippen LogP contribution < -0.4 is 0 Å². The van der Waals surface area contributed by atoms with Gasteiger partial charge in [0, 0.05) is 42.1 Å². The Bertz CT molecular complexity index is 2830. The van der Waals surface area contributed by atoms with Crippen molar-refractivity contribution in [1.29, 1.82) is 0 Å². The molecule has 0 atom stereocenters. The zero-order valence-electron chi connectivity index (χ0n) is 38.4. The maximum Gasteiger partial charge on any atom is 0.164 e. The van der Waals surface area contributed by atoms with Crippen LogP contribution in [0.2, 0.25) is 0 Å². The second-order valence-electron chi connectivity index (χ2n) is 12.1. The van der Waals surface area contributed by atoms with Crippen molar-refractivity contribution in [2.45, 2.75) is 96.9 Å². The number of rotatable bonds is 2. The van der Waals surface area contributed by atoms with E-state index in [-0.39, 0.29) is 0 Å². The van der Waals surface area contributed by atoms with E-state index in [0.717, 1.165) is 38.5 Å². The van der Waals surface area contributed by atoms with Gasteiger partial charge in [-0.05, 0) is 65.2 Å². The van der Waals surface area contributed by atoms with Crippen LogP contribution in [0.3, 0.4) is 0 Å². The van der Waals surface area contributed by atoms with Gasteiger partial charge in [0.05, 0.1) is 0 Å². The van der Waals surface area contributed by atoms with Crippen molar-refractivity contribution < 1.29 is 4.42 Å². The Hall–Kier alpha value is -5.91. The Morgan fingerprint density at radius 3 is 1.68 bits per heavy atom. The van der Waals surface area contributed by atoms with Gasteiger partial charge >= 0.3 is 0 Å². The van der Waals surface area contributed by atoms with Crippen molar-refractivity contribution >= 4 is 75.0 Å². The number of furan rings is 1. The number of aromatic nitrogens is 3. The van der Waals surface area contributed by atoms with E-state index >= 15 is 0 Å². The van der Waals surface area contributed by atoms with Crippen LogP contribution in [0.1, 0.15) is 94.5 Å². The molecule has 0 fully saturated rings. The SMILES string of the molecule is CC.CC.CC.CC.CC.CC.Cc1cccc2c1sc1ccccc12.Cc1nc(-c2ccc3c(c2)oc2ccccc23)nc(-c2cccc3c2ccc2ccccc23)n1. The van der Waals surface area contributed by atoms with Gasteiger partial charge in [-0.3, -0.25) is 0 Å². The molecule has 4 nitrogen and oxygen atoms in total. The van der Waals surface area contributed by atoms with Crippen molar-refractivity contribution in [1.82, 2.24) is 15.0 Å². The van der Waals surface area contributed by atoms with Gasteiger partial charge in [0.15, 0.2) is 11.6 Å². The number of hydrogen-bond acceptors (Lipinski definition) is 5. The quantitative estimate of drug-likeness (QED) is 0.163. The lowest BCUT2D eigenvalue weighted by Crippen LogP contribution is -2.00. The Morgan fingerprint density at radius 2 is 0.950 bits per heavy atom. The highest BCUT2D eigenvalue weighted by atomic mass is 32.1. The molecule has 5 heteroatoms. The van der Waals surface area contributed by atoms with Crippen LogP contribution in [0.4, 0.5) is 0 Å². The fourth-order valence-corrected chi connectivity index (χ4v) is 7.89. The molecule has 60 heavy (non-hydrogen) atoms. The van der Waals surface area contributed by atoms with Gasteiger partial charge in [-0.15, -0.1) is 11.3 Å². The highest BCUT2D eigenvalue weighted by Gasteiger charge is 2.14. The maximum atomic E-state index is 6.09. The lowest BCUT2D eigenvalue weighted by atomic mass is 9.98. The minimum absolute atomic E-state index is 0.641. The number of hydrogen-bond donors (Lipinski definition) is 0. The fourth-order valence-electron chi connectivity index (χ4n) is 6.72. The fraction of sp³-hybridized carbons (Fsp3) is 0.255. The van der Waals surface area contributed by atoms with E-state index in [0.29, 0.717) is 17.5 Å². The topological polar surface area (TPSA) is 51.8 Å². The van der Waals surface area contributed by atoms with Crippen LogP contribution in [-0.4, -0.2) is 15.0 Å². The summed E-state index contributed by atoms with van der Waals surface area (Å²) in [6.45, 7) is 28.1. The third-order valence-electron chi connectivity index (χ3n) is 9.01. The summed E-state index contributed by atoms with van der Waals surface area (Å²) in [5.74, 6) is 2.00. The summed E-state index contributed by atoms with van der Waals surface area (Å²) >= 11 is 1.89. The predicted octanol–water partition coefficient (Wildman–Crippen LogP) is 18.2. The van der Waals surface area contributed by atoms with E-state index in [1.54, 1.807) is 0 Å². The summed E-state index contributed by atoms with van der Waals surface area (Å²) in [5, 5.41) is 9.75. The minimum Gasteiger partial charge on any atom is -0.456 e. The number of nitrogens with zero attached hydrogens (tertiary/aromatic N) is 3. The van der Waals surface area contributed by atoms with Crippen molar-refractivity contribution in [2.24, 2.45) is 0 Å². The molecule has 3 heterocycles. The molecule has 0 aliphatic carbocycles. The summed E-state index contributed by atoms with van der Waals surface area (Å²) in [6, 6.07) is 48.4. The number of para-hydroxylation sites is 1. The molecule has 0 saturated carbocycles. The Morgan fingerprint density at radius 1 is 0.400 bits per heavy atom. The molecule has 0 aliphatic heterocycles. The van der Waals surface area contributed by atoms with Gasteiger partial charge in [-0.2, -0.15) is 0 Å². The second kappa shape index (κ2) is 24.9. The molecule has 7 aromatic carbocycles. The summed E-state index contributed by atoms with van der Waals surface area (Å²) in [6.07, 6.45) is 0. The van der Waals surface area contributed by atoms with Crippen molar-refractivity contribution in [3.05, 3.63) is 151 Å². The standard InChI is InChI=1S/C30H19N3O.C13H10S.6C2H6/c1-18-31-29(20-14-16-25-24-9-4-5-12-27(24)34-28(25)17-20)33-30(32-18)26-11-6-10-22-21-8-3-2-7-19(21)13-15-23(22)26;1-9-5-4-7-11-10-6-2-3-8-12(10)14-13(9)11;6*1-2/h2-17H,1H3;2-8H,1H3;6*1-2H3. The molecule has 10 rings (SSSR count). The first kappa shape index (κ1) is 48.5. The Balaban J connectivity index is 0.000000308. The van der Waals surface area contributed by atoms with Crippen molar-refractivity contribution in [3.8, 4) is 22.8 Å². The summed E-state index contributed by atoms with van der Waals surface area (Å²) in [7, 11) is 0. The normalized spacial score (nSPS) is 9.83. The first-order valence-corrected chi connectivity index (χ1v) is 22.8. The molecule has 0 aliphatic rings. The number of aryl methyl sites for hydroxylation is 2.